The lowest BCUT2D eigenvalue weighted by molar-refractivity contribution is 0.101. The van der Waals surface area contributed by atoms with Crippen molar-refractivity contribution in [3.63, 3.8) is 0 Å². The fraction of sp³-hybridized carbons (Fsp3) is 0.138. The molecule has 4 heterocycles. The Morgan fingerprint density at radius 1 is 1.16 bits per heavy atom. The largest absolute Gasteiger partial charge is 0.453 e. The average molecular weight is 584 g/mol. The number of hydrogen-bond donors (Lipinski definition) is 1. The molecule has 1 amide bonds. The van der Waals surface area contributed by atoms with Gasteiger partial charge in [0.15, 0.2) is 5.75 Å². The Balaban J connectivity index is 1.39. The molecule has 13 nitrogen and oxygen atoms in total. The van der Waals surface area contributed by atoms with Crippen molar-refractivity contribution in [2.24, 2.45) is 4.99 Å². The second-order valence-electron chi connectivity index (χ2n) is 9.41. The number of ether oxygens (including phenoxy) is 1. The first-order chi connectivity index (χ1) is 20.6. The molecule has 0 unspecified atom stereocenters. The number of aryl methyl sites for hydroxylation is 1. The molecule has 0 aliphatic heterocycles. The van der Waals surface area contributed by atoms with Crippen molar-refractivity contribution in [2.75, 3.05) is 19.4 Å². The van der Waals surface area contributed by atoms with Crippen molar-refractivity contribution >= 4 is 29.3 Å². The van der Waals surface area contributed by atoms with Gasteiger partial charge in [-0.2, -0.15) is 10.2 Å². The Morgan fingerprint density at radius 3 is 2.60 bits per heavy atom. The van der Waals surface area contributed by atoms with Crippen LogP contribution in [0.4, 0.5) is 10.2 Å². The van der Waals surface area contributed by atoms with Gasteiger partial charge >= 0.3 is 5.69 Å². The maximum atomic E-state index is 13.4. The van der Waals surface area contributed by atoms with E-state index in [9.17, 15) is 18.8 Å². The van der Waals surface area contributed by atoms with Crippen LogP contribution in [0.5, 0.6) is 11.5 Å². The summed E-state index contributed by atoms with van der Waals surface area (Å²) in [5, 5.41) is 10.7. The van der Waals surface area contributed by atoms with E-state index in [4.69, 9.17) is 4.74 Å². The average Bonchev–Trinajstić information content (AvgIpc) is 3.47. The van der Waals surface area contributed by atoms with Crippen LogP contribution in [0, 0.1) is 5.82 Å². The minimum Gasteiger partial charge on any atom is -0.453 e. The Bertz CT molecular complexity index is 1980. The van der Waals surface area contributed by atoms with E-state index in [1.165, 1.54) is 24.4 Å². The van der Waals surface area contributed by atoms with Crippen molar-refractivity contribution in [3.05, 3.63) is 112 Å². The molecule has 0 spiro atoms. The number of hydrogen-bond acceptors (Lipinski definition) is 8. The second kappa shape index (κ2) is 11.9. The van der Waals surface area contributed by atoms with Gasteiger partial charge in [0.05, 0.1) is 30.1 Å². The third-order valence-electron chi connectivity index (χ3n) is 6.09. The maximum absolute atomic E-state index is 13.4. The summed E-state index contributed by atoms with van der Waals surface area (Å²) >= 11 is 0. The molecule has 218 valence electrons. The first-order valence-electron chi connectivity index (χ1n) is 13.0. The van der Waals surface area contributed by atoms with Gasteiger partial charge in [-0.05, 0) is 55.5 Å². The molecule has 1 aromatic carbocycles. The van der Waals surface area contributed by atoms with Gasteiger partial charge in [-0.25, -0.2) is 32.9 Å². The summed E-state index contributed by atoms with van der Waals surface area (Å²) in [6, 6.07) is 11.4. The van der Waals surface area contributed by atoms with Crippen LogP contribution in [-0.2, 0) is 6.54 Å². The van der Waals surface area contributed by atoms with Crippen LogP contribution in [0.3, 0.4) is 0 Å². The third-order valence-corrected chi connectivity index (χ3v) is 6.09. The highest BCUT2D eigenvalue weighted by Crippen LogP contribution is 2.29. The zero-order valence-corrected chi connectivity index (χ0v) is 23.4. The number of carbonyl (C=O) groups is 1. The molecule has 5 aromatic rings. The molecule has 0 radical (unpaired) electrons. The number of rotatable bonds is 9. The van der Waals surface area contributed by atoms with E-state index in [-0.39, 0.29) is 18.1 Å². The highest BCUT2D eigenvalue weighted by Gasteiger charge is 2.21. The molecule has 14 heteroatoms. The number of halogens is 1. The van der Waals surface area contributed by atoms with Gasteiger partial charge in [-0.1, -0.05) is 6.58 Å². The number of nitrogens with zero attached hydrogens (tertiary/aromatic N) is 8. The molecular formula is C29H26FN9O4. The Kier molecular flexibility index (Phi) is 7.92. The fourth-order valence-corrected chi connectivity index (χ4v) is 3.99. The van der Waals surface area contributed by atoms with Gasteiger partial charge in [0.25, 0.3) is 11.5 Å². The number of aliphatic imine (C=N–C) groups is 1. The Labute approximate surface area is 243 Å². The molecule has 0 bridgehead atoms. The van der Waals surface area contributed by atoms with Crippen LogP contribution in [0.1, 0.15) is 23.0 Å². The van der Waals surface area contributed by atoms with Crippen molar-refractivity contribution in [1.82, 2.24) is 33.8 Å². The van der Waals surface area contributed by atoms with Crippen molar-refractivity contribution in [1.29, 1.82) is 0 Å². The molecular weight excluding hydrogens is 557 g/mol. The summed E-state index contributed by atoms with van der Waals surface area (Å²) in [6.07, 6.45) is 6.45. The summed E-state index contributed by atoms with van der Waals surface area (Å²) < 4.78 is 22.9. The van der Waals surface area contributed by atoms with Crippen LogP contribution in [0.25, 0.3) is 16.9 Å². The van der Waals surface area contributed by atoms with Gasteiger partial charge in [0.2, 0.25) is 5.69 Å². The molecule has 4 aromatic heterocycles. The van der Waals surface area contributed by atoms with Gasteiger partial charge < -0.3 is 15.0 Å². The number of fused-ring (bicyclic) bond motifs is 1. The molecule has 0 fully saturated rings. The minimum atomic E-state index is -0.958. The smallest absolute Gasteiger partial charge is 0.352 e. The lowest BCUT2D eigenvalue weighted by Crippen LogP contribution is -2.44. The van der Waals surface area contributed by atoms with E-state index in [0.29, 0.717) is 28.3 Å². The highest BCUT2D eigenvalue weighted by atomic mass is 19.1. The highest BCUT2D eigenvalue weighted by molar-refractivity contribution is 6.02. The van der Waals surface area contributed by atoms with Gasteiger partial charge in [0.1, 0.15) is 22.9 Å². The monoisotopic (exact) mass is 583 g/mol. The summed E-state index contributed by atoms with van der Waals surface area (Å²) in [7, 11) is 3.70. The number of benzene rings is 1. The number of nitrogens with one attached hydrogen (secondary N) is 1. The van der Waals surface area contributed by atoms with E-state index in [1.807, 2.05) is 14.1 Å². The topological polar surface area (TPSA) is 141 Å². The Morgan fingerprint density at radius 2 is 1.93 bits per heavy atom. The van der Waals surface area contributed by atoms with E-state index >= 15 is 0 Å². The summed E-state index contributed by atoms with van der Waals surface area (Å²) in [5.74, 6) is -0.482. The summed E-state index contributed by atoms with van der Waals surface area (Å²) in [4.78, 5) is 49.4. The first-order valence-corrected chi connectivity index (χ1v) is 13.0. The van der Waals surface area contributed by atoms with E-state index in [0.717, 1.165) is 21.4 Å². The first kappa shape index (κ1) is 28.6. The number of amides is 1. The Hall–Kier alpha value is -5.92. The quantitative estimate of drug-likeness (QED) is 0.206. The lowest BCUT2D eigenvalue weighted by Gasteiger charge is -2.12. The molecule has 0 atom stereocenters. The maximum Gasteiger partial charge on any atom is 0.352 e. The molecule has 0 aliphatic rings. The number of anilines is 1. The molecule has 43 heavy (non-hydrogen) atoms. The van der Waals surface area contributed by atoms with Crippen LogP contribution in [0.2, 0.25) is 0 Å². The zero-order valence-electron chi connectivity index (χ0n) is 23.4. The van der Waals surface area contributed by atoms with E-state index < -0.39 is 28.7 Å². The SMILES string of the molecule is C=C(N=CN(C)C)c1cc(Oc2ccc(NC(=O)c3nn(CC)c(=O)n(-c4ccc(F)cc4)c3=O)nc2)c2ccnn2c1. The fourth-order valence-electron chi connectivity index (χ4n) is 3.99. The number of aromatic nitrogens is 6. The molecule has 1 N–H and O–H groups in total. The molecule has 5 rings (SSSR count). The predicted octanol–water partition coefficient (Wildman–Crippen LogP) is 3.20. The third kappa shape index (κ3) is 6.07. The van der Waals surface area contributed by atoms with Crippen LogP contribution >= 0.6 is 0 Å². The summed E-state index contributed by atoms with van der Waals surface area (Å²) in [6.45, 7) is 5.74. The van der Waals surface area contributed by atoms with Crippen LogP contribution in [-0.4, -0.2) is 60.2 Å². The van der Waals surface area contributed by atoms with Gasteiger partial charge in [0, 0.05) is 32.4 Å². The van der Waals surface area contributed by atoms with Crippen LogP contribution < -0.4 is 21.3 Å². The standard InChI is InChI=1S/C29H26FN9O4/c1-5-37-29(42)39(21-8-6-20(30)7-9-21)28(41)26(35-37)27(40)34-25-11-10-22(15-31-25)43-24-14-19(18(2)32-17-36(3)4)16-38-23(24)12-13-33-38/h6-17H,2,5H2,1,3-4H3,(H,31,34,40). The minimum absolute atomic E-state index is 0.0892. The van der Waals surface area contributed by atoms with E-state index in [1.54, 1.807) is 53.3 Å². The van der Waals surface area contributed by atoms with Crippen molar-refractivity contribution in [3.8, 4) is 17.2 Å². The van der Waals surface area contributed by atoms with Crippen LogP contribution in [0.15, 0.2) is 88.3 Å². The van der Waals surface area contributed by atoms with E-state index in [2.05, 4.69) is 32.1 Å². The summed E-state index contributed by atoms with van der Waals surface area (Å²) in [5.41, 5.74) is -0.272. The second-order valence-corrected chi connectivity index (χ2v) is 9.41. The number of carbonyl (C=O) groups excluding carboxylic acids is 1. The van der Waals surface area contributed by atoms with Gasteiger partial charge in [-0.3, -0.25) is 9.59 Å². The lowest BCUT2D eigenvalue weighted by atomic mass is 10.2. The molecule has 0 saturated carbocycles. The molecule has 0 saturated heterocycles. The predicted molar refractivity (Wildman–Crippen MR) is 158 cm³/mol. The van der Waals surface area contributed by atoms with Crippen molar-refractivity contribution < 1.29 is 13.9 Å². The zero-order chi connectivity index (χ0) is 30.7. The van der Waals surface area contributed by atoms with Gasteiger partial charge in [-0.15, -0.1) is 0 Å². The van der Waals surface area contributed by atoms with Crippen molar-refractivity contribution in [2.45, 2.75) is 13.5 Å². The normalized spacial score (nSPS) is 11.2. The molecule has 0 aliphatic carbocycles. The number of pyridine rings is 2.